The van der Waals surface area contributed by atoms with Crippen molar-refractivity contribution in [2.24, 2.45) is 11.8 Å². The lowest BCUT2D eigenvalue weighted by molar-refractivity contribution is -0.154. The molecule has 2 unspecified atom stereocenters. The summed E-state index contributed by atoms with van der Waals surface area (Å²) in [6, 6.07) is 4.07. The van der Waals surface area contributed by atoms with Gasteiger partial charge in [-0.05, 0) is 50.7 Å². The lowest BCUT2D eigenvalue weighted by Gasteiger charge is -2.39. The lowest BCUT2D eigenvalue weighted by Crippen LogP contribution is -2.57. The van der Waals surface area contributed by atoms with Crippen LogP contribution in [0.5, 0.6) is 0 Å². The van der Waals surface area contributed by atoms with Crippen LogP contribution in [0.15, 0.2) is 43.5 Å². The first-order chi connectivity index (χ1) is 18.3. The molecule has 3 saturated heterocycles. The molecule has 206 valence electrons. The maximum absolute atomic E-state index is 14.6. The molecule has 0 radical (unpaired) electrons. The van der Waals surface area contributed by atoms with Crippen molar-refractivity contribution < 1.29 is 24.2 Å². The summed E-state index contributed by atoms with van der Waals surface area (Å²) in [7, 11) is 0. The summed E-state index contributed by atoms with van der Waals surface area (Å²) in [4.78, 5) is 45.2. The van der Waals surface area contributed by atoms with Gasteiger partial charge in [0.25, 0.3) is 5.91 Å². The Hall–Kier alpha value is -2.29. The Morgan fingerprint density at radius 1 is 1.37 bits per heavy atom. The van der Waals surface area contributed by atoms with Gasteiger partial charge < -0.3 is 19.6 Å². The molecule has 1 spiro atoms. The number of fused-ring (bicyclic) bond motifs is 1. The maximum Gasteiger partial charge on any atom is 0.310 e. The minimum Gasteiger partial charge on any atom is -0.465 e. The highest BCUT2D eigenvalue weighted by molar-refractivity contribution is 8.02. The Bertz CT molecular complexity index is 1090. The first-order valence-electron chi connectivity index (χ1n) is 13.3. The summed E-state index contributed by atoms with van der Waals surface area (Å²) in [6.45, 7) is 11.5. The molecular weight excluding hydrogens is 524 g/mol. The Morgan fingerprint density at radius 3 is 2.76 bits per heavy atom. The van der Waals surface area contributed by atoms with E-state index in [0.717, 1.165) is 18.4 Å². The molecule has 1 aromatic carbocycles. The van der Waals surface area contributed by atoms with Crippen LogP contribution in [0.2, 0.25) is 5.02 Å². The van der Waals surface area contributed by atoms with E-state index >= 15 is 0 Å². The van der Waals surface area contributed by atoms with Crippen LogP contribution in [0.4, 0.5) is 5.69 Å². The van der Waals surface area contributed by atoms with Crippen molar-refractivity contribution in [1.82, 2.24) is 4.90 Å². The molecule has 3 heterocycles. The summed E-state index contributed by atoms with van der Waals surface area (Å²) in [5.74, 6) is -2.18. The molecule has 6 atom stereocenters. The van der Waals surface area contributed by atoms with Crippen LogP contribution in [0.1, 0.15) is 44.6 Å². The number of thioether (sulfide) groups is 1. The second kappa shape index (κ2) is 11.8. The fraction of sp³-hybridized carbons (Fsp3) is 0.552. The Balaban J connectivity index is 1.76. The number of amides is 2. The number of carbonyl (C=O) groups excluding carboxylic acids is 3. The van der Waals surface area contributed by atoms with E-state index in [1.165, 1.54) is 0 Å². The number of rotatable bonds is 12. The Kier molecular flexibility index (Phi) is 8.95. The number of benzene rings is 1. The highest BCUT2D eigenvalue weighted by Crippen LogP contribution is 2.67. The van der Waals surface area contributed by atoms with Crippen LogP contribution in [-0.4, -0.2) is 69.6 Å². The number of likely N-dealkylation sites (tertiary alicyclic amines) is 1. The highest BCUT2D eigenvalue weighted by atomic mass is 35.5. The summed E-state index contributed by atoms with van der Waals surface area (Å²) < 4.78 is 4.84. The van der Waals surface area contributed by atoms with E-state index in [1.807, 2.05) is 26.0 Å². The SMILES string of the molecule is C=CCCCOC(=O)[C@@H]1[C@@H]2CCC3(S2)C(C(=O)N(CC=C)c2c(C)cccc2Cl)N([C@@H](CC)CO)C(=O)[C@H]13. The molecule has 2 amide bonds. The number of carbonyl (C=O) groups is 3. The van der Waals surface area contributed by atoms with E-state index in [4.69, 9.17) is 16.3 Å². The molecule has 4 rings (SSSR count). The molecule has 2 bridgehead atoms. The fourth-order valence-electron chi connectivity index (χ4n) is 6.48. The van der Waals surface area contributed by atoms with Gasteiger partial charge in [0, 0.05) is 11.8 Å². The second-order valence-electron chi connectivity index (χ2n) is 10.3. The molecule has 7 nitrogen and oxygen atoms in total. The third kappa shape index (κ3) is 4.69. The third-order valence-electron chi connectivity index (χ3n) is 8.15. The van der Waals surface area contributed by atoms with Crippen LogP contribution in [0.3, 0.4) is 0 Å². The van der Waals surface area contributed by atoms with Crippen molar-refractivity contribution in [2.75, 3.05) is 24.7 Å². The number of unbranched alkanes of at least 4 members (excludes halogenated alkanes) is 1. The number of nitrogens with zero attached hydrogens (tertiary/aromatic N) is 2. The summed E-state index contributed by atoms with van der Waals surface area (Å²) in [5.41, 5.74) is 1.41. The average Bonchev–Trinajstić information content (AvgIpc) is 3.54. The van der Waals surface area contributed by atoms with E-state index in [0.29, 0.717) is 30.0 Å². The van der Waals surface area contributed by atoms with Crippen molar-refractivity contribution >= 4 is 46.8 Å². The largest absolute Gasteiger partial charge is 0.465 e. The van der Waals surface area contributed by atoms with Gasteiger partial charge in [-0.25, -0.2) is 0 Å². The summed E-state index contributed by atoms with van der Waals surface area (Å²) in [6.07, 6.45) is 6.67. The van der Waals surface area contributed by atoms with Crippen LogP contribution in [0.25, 0.3) is 0 Å². The zero-order valence-electron chi connectivity index (χ0n) is 22.1. The molecule has 0 aromatic heterocycles. The molecular formula is C29H37ClN2O5S. The number of ether oxygens (including phenoxy) is 1. The lowest BCUT2D eigenvalue weighted by atomic mass is 9.71. The Morgan fingerprint density at radius 2 is 2.13 bits per heavy atom. The molecule has 9 heteroatoms. The number of esters is 1. The van der Waals surface area contributed by atoms with Crippen LogP contribution in [-0.2, 0) is 19.1 Å². The van der Waals surface area contributed by atoms with Crippen molar-refractivity contribution in [1.29, 1.82) is 0 Å². The molecule has 1 aromatic rings. The van der Waals surface area contributed by atoms with Crippen molar-refractivity contribution in [3.63, 3.8) is 0 Å². The molecule has 3 aliphatic heterocycles. The van der Waals surface area contributed by atoms with Gasteiger partial charge in [-0.3, -0.25) is 14.4 Å². The van der Waals surface area contributed by atoms with Gasteiger partial charge in [0.05, 0.1) is 46.5 Å². The molecule has 1 N–H and O–H groups in total. The van der Waals surface area contributed by atoms with Gasteiger partial charge >= 0.3 is 5.97 Å². The van der Waals surface area contributed by atoms with Gasteiger partial charge in [-0.2, -0.15) is 0 Å². The minimum atomic E-state index is -0.846. The number of halogens is 1. The molecule has 0 aliphatic carbocycles. The zero-order chi connectivity index (χ0) is 27.6. The predicted octanol–water partition coefficient (Wildman–Crippen LogP) is 4.54. The summed E-state index contributed by atoms with van der Waals surface area (Å²) >= 11 is 8.18. The number of anilines is 1. The van der Waals surface area contributed by atoms with Gasteiger partial charge in [0.1, 0.15) is 6.04 Å². The average molecular weight is 561 g/mol. The minimum absolute atomic E-state index is 0.0857. The van der Waals surface area contributed by atoms with Crippen LogP contribution < -0.4 is 4.90 Å². The van der Waals surface area contributed by atoms with Crippen molar-refractivity contribution in [3.8, 4) is 0 Å². The fourth-order valence-corrected chi connectivity index (χ4v) is 8.99. The number of aryl methyl sites for hydroxylation is 1. The number of para-hydroxylation sites is 1. The van der Waals surface area contributed by atoms with Crippen molar-refractivity contribution in [3.05, 3.63) is 54.1 Å². The number of hydrogen-bond donors (Lipinski definition) is 1. The maximum atomic E-state index is 14.6. The predicted molar refractivity (Wildman–Crippen MR) is 151 cm³/mol. The second-order valence-corrected chi connectivity index (χ2v) is 12.3. The van der Waals surface area contributed by atoms with E-state index in [2.05, 4.69) is 13.2 Å². The molecule has 3 fully saturated rings. The zero-order valence-corrected chi connectivity index (χ0v) is 23.7. The van der Waals surface area contributed by atoms with Gasteiger partial charge in [-0.1, -0.05) is 42.8 Å². The number of allylic oxidation sites excluding steroid dienone is 1. The molecule has 3 aliphatic rings. The molecule has 38 heavy (non-hydrogen) atoms. The topological polar surface area (TPSA) is 87.2 Å². The number of aliphatic hydroxyl groups is 1. The third-order valence-corrected chi connectivity index (χ3v) is 10.4. The first-order valence-corrected chi connectivity index (χ1v) is 14.6. The number of hydrogen-bond acceptors (Lipinski definition) is 6. The van der Waals surface area contributed by atoms with Crippen molar-refractivity contribution in [2.45, 2.75) is 68.0 Å². The Labute approximate surface area is 234 Å². The number of aliphatic hydroxyl groups excluding tert-OH is 1. The van der Waals surface area contributed by atoms with E-state index < -0.39 is 28.7 Å². The normalized spacial score (nSPS) is 28.2. The van der Waals surface area contributed by atoms with E-state index in [-0.39, 0.29) is 42.8 Å². The monoisotopic (exact) mass is 560 g/mol. The van der Waals surface area contributed by atoms with E-state index in [9.17, 15) is 19.5 Å². The summed E-state index contributed by atoms with van der Waals surface area (Å²) in [5, 5.41) is 10.6. The molecule has 0 saturated carbocycles. The van der Waals surface area contributed by atoms with Gasteiger partial charge in [-0.15, -0.1) is 24.9 Å². The highest BCUT2D eigenvalue weighted by Gasteiger charge is 2.74. The first kappa shape index (κ1) is 28.7. The quantitative estimate of drug-likeness (QED) is 0.229. The van der Waals surface area contributed by atoms with Gasteiger partial charge in [0.2, 0.25) is 5.91 Å². The standard InChI is InChI=1S/C29H37ClN2O5S/c1-5-8-9-16-37-28(36)22-21-13-14-29(38-21)23(22)26(34)32(19(7-3)17-33)25(29)27(35)31(15-6-2)24-18(4)11-10-12-20(24)30/h5-6,10-12,19,21-23,25,33H,1-2,7-9,13-17H2,3-4H3/t19-,21-,22+,23-,25?,29?/m0/s1. The van der Waals surface area contributed by atoms with Crippen LogP contribution in [0, 0.1) is 18.8 Å². The van der Waals surface area contributed by atoms with E-state index in [1.54, 1.807) is 39.8 Å². The van der Waals surface area contributed by atoms with Crippen LogP contribution >= 0.6 is 23.4 Å². The van der Waals surface area contributed by atoms with Gasteiger partial charge in [0.15, 0.2) is 0 Å². The smallest absolute Gasteiger partial charge is 0.310 e.